The summed E-state index contributed by atoms with van der Waals surface area (Å²) in [5.74, 6) is -0.552. The van der Waals surface area contributed by atoms with Crippen molar-refractivity contribution in [3.63, 3.8) is 0 Å². The summed E-state index contributed by atoms with van der Waals surface area (Å²) in [7, 11) is 1.94. The van der Waals surface area contributed by atoms with E-state index in [1.807, 2.05) is 36.2 Å². The lowest BCUT2D eigenvalue weighted by Gasteiger charge is -2.38. The van der Waals surface area contributed by atoms with Crippen molar-refractivity contribution in [3.8, 4) is 0 Å². The Kier molecular flexibility index (Phi) is 4.52. The molecule has 23 heavy (non-hydrogen) atoms. The number of likely N-dealkylation sites (N-methyl/N-ethyl adjacent to an activating group) is 1. The molecule has 2 fully saturated rings. The molecule has 0 aromatic heterocycles. The largest absolute Gasteiger partial charge is 0.372 e. The number of piperazine rings is 1. The lowest BCUT2D eigenvalue weighted by molar-refractivity contribution is -0.124. The zero-order valence-corrected chi connectivity index (χ0v) is 13.6. The highest BCUT2D eigenvalue weighted by Gasteiger charge is 2.33. The van der Waals surface area contributed by atoms with Crippen LogP contribution in [0.2, 0.25) is 0 Å². The van der Waals surface area contributed by atoms with Crippen molar-refractivity contribution in [2.45, 2.75) is 18.9 Å². The fourth-order valence-corrected chi connectivity index (χ4v) is 3.38. The Balaban J connectivity index is 1.81. The van der Waals surface area contributed by atoms with Gasteiger partial charge in [-0.15, -0.1) is 0 Å². The molecule has 2 aliphatic heterocycles. The molecule has 1 atom stereocenters. The SMILES string of the molecule is CN1CCN(C(=O)c2cccc(N3CCCC3)c2)C(C(N)=O)C1. The molecule has 124 valence electrons. The van der Waals surface area contributed by atoms with Gasteiger partial charge in [0.1, 0.15) is 6.04 Å². The monoisotopic (exact) mass is 316 g/mol. The van der Waals surface area contributed by atoms with Gasteiger partial charge in [-0.25, -0.2) is 0 Å². The lowest BCUT2D eigenvalue weighted by Crippen LogP contribution is -2.59. The Labute approximate surface area is 136 Å². The highest BCUT2D eigenvalue weighted by Crippen LogP contribution is 2.22. The summed E-state index contributed by atoms with van der Waals surface area (Å²) in [5.41, 5.74) is 7.21. The van der Waals surface area contributed by atoms with E-state index in [-0.39, 0.29) is 5.91 Å². The number of rotatable bonds is 3. The van der Waals surface area contributed by atoms with Crippen molar-refractivity contribution < 1.29 is 9.59 Å². The van der Waals surface area contributed by atoms with E-state index in [2.05, 4.69) is 4.90 Å². The molecule has 6 nitrogen and oxygen atoms in total. The molecule has 6 heteroatoms. The van der Waals surface area contributed by atoms with Gasteiger partial charge in [-0.2, -0.15) is 0 Å². The second-order valence-corrected chi connectivity index (χ2v) is 6.42. The first-order valence-electron chi connectivity index (χ1n) is 8.20. The van der Waals surface area contributed by atoms with Crippen LogP contribution in [0.3, 0.4) is 0 Å². The average molecular weight is 316 g/mol. The first-order valence-corrected chi connectivity index (χ1v) is 8.20. The first kappa shape index (κ1) is 15.8. The predicted molar refractivity (Wildman–Crippen MR) is 89.4 cm³/mol. The molecule has 2 heterocycles. The number of carbonyl (C=O) groups is 2. The molecular weight excluding hydrogens is 292 g/mol. The van der Waals surface area contributed by atoms with Crippen molar-refractivity contribution in [2.75, 3.05) is 44.7 Å². The third-order valence-corrected chi connectivity index (χ3v) is 4.74. The maximum absolute atomic E-state index is 12.9. The molecule has 0 saturated carbocycles. The Morgan fingerprint density at radius 3 is 2.57 bits per heavy atom. The number of primary amides is 1. The fourth-order valence-electron chi connectivity index (χ4n) is 3.38. The number of hydrogen-bond acceptors (Lipinski definition) is 4. The van der Waals surface area contributed by atoms with Gasteiger partial charge in [0, 0.05) is 44.0 Å². The summed E-state index contributed by atoms with van der Waals surface area (Å²) in [4.78, 5) is 30.5. The van der Waals surface area contributed by atoms with Crippen LogP contribution in [-0.4, -0.2) is 67.4 Å². The van der Waals surface area contributed by atoms with Crippen LogP contribution in [0.15, 0.2) is 24.3 Å². The van der Waals surface area contributed by atoms with Crippen LogP contribution in [0.25, 0.3) is 0 Å². The maximum Gasteiger partial charge on any atom is 0.254 e. The molecule has 0 radical (unpaired) electrons. The molecule has 1 aromatic carbocycles. The third kappa shape index (κ3) is 3.32. The molecule has 0 spiro atoms. The van der Waals surface area contributed by atoms with Crippen molar-refractivity contribution in [3.05, 3.63) is 29.8 Å². The van der Waals surface area contributed by atoms with Gasteiger partial charge in [0.15, 0.2) is 0 Å². The maximum atomic E-state index is 12.9. The van der Waals surface area contributed by atoms with Crippen LogP contribution >= 0.6 is 0 Å². The lowest BCUT2D eigenvalue weighted by atomic mass is 10.1. The molecule has 0 bridgehead atoms. The number of benzene rings is 1. The number of anilines is 1. The highest BCUT2D eigenvalue weighted by molar-refractivity contribution is 5.98. The predicted octanol–water partition coefficient (Wildman–Crippen LogP) is 0.528. The minimum atomic E-state index is -0.559. The van der Waals surface area contributed by atoms with Crippen LogP contribution < -0.4 is 10.6 Å². The Morgan fingerprint density at radius 1 is 1.13 bits per heavy atom. The topological polar surface area (TPSA) is 69.9 Å². The van der Waals surface area contributed by atoms with E-state index in [9.17, 15) is 9.59 Å². The number of amides is 2. The van der Waals surface area contributed by atoms with Crippen LogP contribution in [0, 0.1) is 0 Å². The van der Waals surface area contributed by atoms with Crippen LogP contribution in [0.4, 0.5) is 5.69 Å². The minimum Gasteiger partial charge on any atom is -0.372 e. The van der Waals surface area contributed by atoms with Gasteiger partial charge < -0.3 is 20.4 Å². The van der Waals surface area contributed by atoms with Crippen LogP contribution in [0.1, 0.15) is 23.2 Å². The third-order valence-electron chi connectivity index (χ3n) is 4.74. The van der Waals surface area contributed by atoms with Gasteiger partial charge in [0.05, 0.1) is 0 Å². The molecule has 2 amide bonds. The summed E-state index contributed by atoms with van der Waals surface area (Å²) in [6.45, 7) is 3.84. The number of nitrogens with two attached hydrogens (primary N) is 1. The second-order valence-electron chi connectivity index (χ2n) is 6.42. The summed E-state index contributed by atoms with van der Waals surface area (Å²) >= 11 is 0. The van der Waals surface area contributed by atoms with Crippen LogP contribution in [-0.2, 0) is 4.79 Å². The number of hydrogen-bond donors (Lipinski definition) is 1. The molecular formula is C17H24N4O2. The van der Waals surface area contributed by atoms with Gasteiger partial charge in [0.2, 0.25) is 5.91 Å². The van der Waals surface area contributed by atoms with Gasteiger partial charge >= 0.3 is 0 Å². The molecule has 0 aliphatic carbocycles. The Morgan fingerprint density at radius 2 is 1.87 bits per heavy atom. The van der Waals surface area contributed by atoms with E-state index in [0.717, 1.165) is 25.3 Å². The normalized spacial score (nSPS) is 22.4. The summed E-state index contributed by atoms with van der Waals surface area (Å²) < 4.78 is 0. The zero-order valence-electron chi connectivity index (χ0n) is 13.6. The van der Waals surface area contributed by atoms with Gasteiger partial charge in [-0.1, -0.05) is 6.07 Å². The van der Waals surface area contributed by atoms with Gasteiger partial charge in [-0.3, -0.25) is 9.59 Å². The van der Waals surface area contributed by atoms with Crippen molar-refractivity contribution in [1.29, 1.82) is 0 Å². The number of carbonyl (C=O) groups excluding carboxylic acids is 2. The van der Waals surface area contributed by atoms with E-state index < -0.39 is 11.9 Å². The van der Waals surface area contributed by atoms with Crippen LogP contribution in [0.5, 0.6) is 0 Å². The Bertz CT molecular complexity index is 598. The van der Waals surface area contributed by atoms with E-state index in [1.54, 1.807) is 4.90 Å². The second kappa shape index (κ2) is 6.58. The van der Waals surface area contributed by atoms with E-state index >= 15 is 0 Å². The summed E-state index contributed by atoms with van der Waals surface area (Å²) in [6, 6.07) is 7.15. The van der Waals surface area contributed by atoms with Crippen molar-refractivity contribution in [2.24, 2.45) is 5.73 Å². The summed E-state index contributed by atoms with van der Waals surface area (Å²) in [5, 5.41) is 0. The molecule has 2 N–H and O–H groups in total. The van der Waals surface area contributed by atoms with E-state index in [1.165, 1.54) is 12.8 Å². The smallest absolute Gasteiger partial charge is 0.254 e. The molecule has 2 saturated heterocycles. The molecule has 3 rings (SSSR count). The van der Waals surface area contributed by atoms with E-state index in [0.29, 0.717) is 18.7 Å². The highest BCUT2D eigenvalue weighted by atomic mass is 16.2. The molecule has 2 aliphatic rings. The first-order chi connectivity index (χ1) is 11.1. The number of nitrogens with zero attached hydrogens (tertiary/aromatic N) is 3. The van der Waals surface area contributed by atoms with Crippen molar-refractivity contribution >= 4 is 17.5 Å². The minimum absolute atomic E-state index is 0.108. The van der Waals surface area contributed by atoms with Gasteiger partial charge in [0.25, 0.3) is 5.91 Å². The van der Waals surface area contributed by atoms with Crippen molar-refractivity contribution in [1.82, 2.24) is 9.80 Å². The summed E-state index contributed by atoms with van der Waals surface area (Å²) in [6.07, 6.45) is 2.39. The fraction of sp³-hybridized carbons (Fsp3) is 0.529. The Hall–Kier alpha value is -2.08. The van der Waals surface area contributed by atoms with E-state index in [4.69, 9.17) is 5.73 Å². The quantitative estimate of drug-likeness (QED) is 0.883. The average Bonchev–Trinajstić information content (AvgIpc) is 3.09. The standard InChI is InChI=1S/C17H24N4O2/c1-19-9-10-21(15(12-19)16(18)22)17(23)13-5-4-6-14(11-13)20-7-2-3-8-20/h4-6,11,15H,2-3,7-10,12H2,1H3,(H2,18,22). The zero-order chi connectivity index (χ0) is 16.4. The molecule has 1 unspecified atom stereocenters. The molecule has 1 aromatic rings. The van der Waals surface area contributed by atoms with Gasteiger partial charge in [-0.05, 0) is 38.1 Å².